The van der Waals surface area contributed by atoms with Crippen LogP contribution in [0.1, 0.15) is 49.3 Å². The van der Waals surface area contributed by atoms with Gasteiger partial charge in [0.15, 0.2) is 9.84 Å². The molecular weight excluding hydrogens is 585 g/mol. The summed E-state index contributed by atoms with van der Waals surface area (Å²) in [6.07, 6.45) is 3.13. The van der Waals surface area contributed by atoms with E-state index in [1.54, 1.807) is 30.9 Å². The Morgan fingerprint density at radius 3 is 2.52 bits per heavy atom. The van der Waals surface area contributed by atoms with E-state index >= 15 is 0 Å². The van der Waals surface area contributed by atoms with Crippen LogP contribution in [-0.4, -0.2) is 58.4 Å². The van der Waals surface area contributed by atoms with Gasteiger partial charge in [-0.3, -0.25) is 9.59 Å². The summed E-state index contributed by atoms with van der Waals surface area (Å²) in [5.74, 6) is -2.05. The van der Waals surface area contributed by atoms with Crippen molar-refractivity contribution in [2.75, 3.05) is 18.2 Å². The van der Waals surface area contributed by atoms with Crippen molar-refractivity contribution in [1.82, 2.24) is 4.90 Å². The highest BCUT2D eigenvalue weighted by molar-refractivity contribution is 7.90. The van der Waals surface area contributed by atoms with Crippen molar-refractivity contribution in [2.24, 2.45) is 22.2 Å². The van der Waals surface area contributed by atoms with Crippen molar-refractivity contribution in [2.45, 2.75) is 62.8 Å². The summed E-state index contributed by atoms with van der Waals surface area (Å²) >= 11 is 0. The molecule has 2 saturated carbocycles. The SMILES string of the molecule is CCOC(=O)C1C(N(Cc2ccc(C)c(F)c2)C(=O)CC2=NS(=O)(=O)c3cc(CS(C)(=O)=O)ccc3N2)[C@H]2CC[C@@H]1C2. The molecule has 1 amide bonds. The van der Waals surface area contributed by atoms with Crippen molar-refractivity contribution >= 4 is 43.3 Å². The highest BCUT2D eigenvalue weighted by atomic mass is 32.2. The number of sulfonamides is 1. The standard InChI is InChI=1S/C29H34FN3O7S2/c1-4-40-29(35)27-20-8-9-21(13-20)28(27)33(15-18-6-5-17(2)22(30)11-18)26(34)14-25-31-23-10-7-19(16-41(3,36)37)12-24(23)42(38,39)32-25/h5-7,10-12,20-21,27-28H,4,8-9,13-16H2,1-3H3,(H,31,32)/t20-,21+,27?,28?/m1/s1. The molecule has 1 aliphatic heterocycles. The minimum atomic E-state index is -4.23. The van der Waals surface area contributed by atoms with Crippen LogP contribution in [0, 0.1) is 30.5 Å². The Kier molecular flexibility index (Phi) is 8.18. The molecule has 2 bridgehead atoms. The number of nitrogens with zero attached hydrogens (tertiary/aromatic N) is 2. The molecule has 0 spiro atoms. The minimum absolute atomic E-state index is 0.0330. The molecule has 1 heterocycles. The number of rotatable bonds is 9. The van der Waals surface area contributed by atoms with Gasteiger partial charge in [-0.2, -0.15) is 8.42 Å². The van der Waals surface area contributed by atoms with Crippen LogP contribution in [0.15, 0.2) is 45.7 Å². The van der Waals surface area contributed by atoms with Crippen molar-refractivity contribution in [3.8, 4) is 0 Å². The third-order valence-corrected chi connectivity index (χ3v) is 10.5. The molecule has 5 rings (SSSR count). The number of aryl methyl sites for hydroxylation is 1. The number of amides is 1. The fourth-order valence-electron chi connectivity index (χ4n) is 6.54. The number of amidine groups is 1. The van der Waals surface area contributed by atoms with Crippen LogP contribution in [0.25, 0.3) is 0 Å². The molecule has 0 radical (unpaired) electrons. The van der Waals surface area contributed by atoms with Crippen LogP contribution in [0.3, 0.4) is 0 Å². The molecule has 226 valence electrons. The molecule has 0 aromatic heterocycles. The molecule has 3 aliphatic rings. The van der Waals surface area contributed by atoms with E-state index in [-0.39, 0.29) is 53.1 Å². The first-order valence-electron chi connectivity index (χ1n) is 13.9. The van der Waals surface area contributed by atoms with Gasteiger partial charge in [-0.1, -0.05) is 18.2 Å². The van der Waals surface area contributed by atoms with E-state index in [1.165, 1.54) is 24.3 Å². The van der Waals surface area contributed by atoms with Gasteiger partial charge < -0.3 is 15.0 Å². The Bertz CT molecular complexity index is 1670. The van der Waals surface area contributed by atoms with Crippen LogP contribution >= 0.6 is 0 Å². The zero-order chi connectivity index (χ0) is 30.4. The normalized spacial score (nSPS) is 24.0. The number of anilines is 1. The maximum atomic E-state index is 14.5. The predicted octanol–water partition coefficient (Wildman–Crippen LogP) is 3.59. The molecule has 2 aromatic carbocycles. The van der Waals surface area contributed by atoms with Crippen LogP contribution < -0.4 is 5.32 Å². The Balaban J connectivity index is 1.45. The number of hydrogen-bond donors (Lipinski definition) is 1. The van der Waals surface area contributed by atoms with Gasteiger partial charge in [0.1, 0.15) is 16.5 Å². The molecule has 2 aromatic rings. The number of ether oxygens (including phenoxy) is 1. The van der Waals surface area contributed by atoms with E-state index in [2.05, 4.69) is 9.71 Å². The lowest BCUT2D eigenvalue weighted by atomic mass is 9.83. The molecule has 4 atom stereocenters. The lowest BCUT2D eigenvalue weighted by molar-refractivity contribution is -0.154. The molecule has 2 fully saturated rings. The van der Waals surface area contributed by atoms with E-state index in [4.69, 9.17) is 4.74 Å². The molecule has 13 heteroatoms. The summed E-state index contributed by atoms with van der Waals surface area (Å²) in [6, 6.07) is 8.47. The number of esters is 1. The van der Waals surface area contributed by atoms with E-state index in [0.29, 0.717) is 16.7 Å². The van der Waals surface area contributed by atoms with E-state index in [9.17, 15) is 30.8 Å². The van der Waals surface area contributed by atoms with Gasteiger partial charge in [-0.15, -0.1) is 4.40 Å². The maximum absolute atomic E-state index is 14.5. The highest BCUT2D eigenvalue weighted by Gasteiger charge is 2.54. The van der Waals surface area contributed by atoms with Crippen molar-refractivity contribution in [3.05, 3.63) is 58.9 Å². The highest BCUT2D eigenvalue weighted by Crippen LogP contribution is 2.51. The zero-order valence-corrected chi connectivity index (χ0v) is 25.3. The summed E-state index contributed by atoms with van der Waals surface area (Å²) < 4.78 is 73.3. The van der Waals surface area contributed by atoms with Crippen molar-refractivity contribution in [3.63, 3.8) is 0 Å². The smallest absolute Gasteiger partial charge is 0.311 e. The summed E-state index contributed by atoms with van der Waals surface area (Å²) in [4.78, 5) is 28.5. The van der Waals surface area contributed by atoms with Gasteiger partial charge in [0, 0.05) is 18.8 Å². The predicted molar refractivity (Wildman–Crippen MR) is 154 cm³/mol. The van der Waals surface area contributed by atoms with Gasteiger partial charge in [0.25, 0.3) is 10.0 Å². The summed E-state index contributed by atoms with van der Waals surface area (Å²) in [5, 5.41) is 2.91. The molecule has 2 unspecified atom stereocenters. The third-order valence-electron chi connectivity index (χ3n) is 8.28. The summed E-state index contributed by atoms with van der Waals surface area (Å²) in [7, 11) is -7.62. The number of nitrogens with one attached hydrogen (secondary N) is 1. The van der Waals surface area contributed by atoms with Crippen LogP contribution in [-0.2, 0) is 46.5 Å². The average Bonchev–Trinajstić information content (AvgIpc) is 3.51. The number of fused-ring (bicyclic) bond motifs is 3. The van der Waals surface area contributed by atoms with Gasteiger partial charge in [-0.05, 0) is 79.8 Å². The number of benzene rings is 2. The summed E-state index contributed by atoms with van der Waals surface area (Å²) in [5.41, 5.74) is 1.49. The average molecular weight is 620 g/mol. The fraction of sp³-hybridized carbons (Fsp3) is 0.483. The van der Waals surface area contributed by atoms with Crippen LogP contribution in [0.5, 0.6) is 0 Å². The lowest BCUT2D eigenvalue weighted by Gasteiger charge is -2.39. The second-order valence-electron chi connectivity index (χ2n) is 11.4. The molecule has 10 nitrogen and oxygen atoms in total. The Morgan fingerprint density at radius 2 is 1.83 bits per heavy atom. The number of carbonyl (C=O) groups excluding carboxylic acids is 2. The molecule has 2 aliphatic carbocycles. The second kappa shape index (κ2) is 11.4. The van der Waals surface area contributed by atoms with E-state index in [0.717, 1.165) is 25.5 Å². The van der Waals surface area contributed by atoms with Gasteiger partial charge in [-0.25, -0.2) is 12.8 Å². The fourth-order valence-corrected chi connectivity index (χ4v) is 8.52. The molecule has 1 N–H and O–H groups in total. The molecule has 0 saturated heterocycles. The topological polar surface area (TPSA) is 139 Å². The molecular formula is C29H34FN3O7S2. The van der Waals surface area contributed by atoms with Gasteiger partial charge in [0.2, 0.25) is 5.91 Å². The Morgan fingerprint density at radius 1 is 1.12 bits per heavy atom. The van der Waals surface area contributed by atoms with E-state index in [1.807, 2.05) is 0 Å². The number of sulfone groups is 1. The zero-order valence-electron chi connectivity index (χ0n) is 23.7. The van der Waals surface area contributed by atoms with Gasteiger partial charge >= 0.3 is 5.97 Å². The largest absolute Gasteiger partial charge is 0.466 e. The lowest BCUT2D eigenvalue weighted by Crippen LogP contribution is -2.50. The number of carbonyl (C=O) groups is 2. The van der Waals surface area contributed by atoms with Crippen molar-refractivity contribution < 1.29 is 35.6 Å². The van der Waals surface area contributed by atoms with Gasteiger partial charge in [0.05, 0.1) is 30.4 Å². The monoisotopic (exact) mass is 619 g/mol. The van der Waals surface area contributed by atoms with Crippen molar-refractivity contribution in [1.29, 1.82) is 0 Å². The quantitative estimate of drug-likeness (QED) is 0.420. The Labute approximate surface area is 245 Å². The van der Waals surface area contributed by atoms with E-state index < -0.39 is 50.0 Å². The first-order chi connectivity index (χ1) is 19.8. The Hall–Kier alpha value is -3.32. The maximum Gasteiger partial charge on any atom is 0.311 e. The second-order valence-corrected chi connectivity index (χ2v) is 15.1. The van der Waals surface area contributed by atoms with Crippen LogP contribution in [0.2, 0.25) is 0 Å². The number of hydrogen-bond acceptors (Lipinski definition) is 8. The van der Waals surface area contributed by atoms with Crippen LogP contribution in [0.4, 0.5) is 10.1 Å². The first-order valence-corrected chi connectivity index (χ1v) is 17.4. The molecule has 42 heavy (non-hydrogen) atoms. The minimum Gasteiger partial charge on any atom is -0.466 e. The number of halogens is 1. The third kappa shape index (κ3) is 6.22. The first kappa shape index (κ1) is 30.1. The summed E-state index contributed by atoms with van der Waals surface area (Å²) in [6.45, 7) is 3.61.